The lowest BCUT2D eigenvalue weighted by molar-refractivity contribution is 0.378. The summed E-state index contributed by atoms with van der Waals surface area (Å²) in [5.74, 6) is 0. The molecule has 98 valence electrons. The van der Waals surface area contributed by atoms with Crippen molar-refractivity contribution in [3.8, 4) is 0 Å². The Morgan fingerprint density at radius 1 is 0.882 bits per heavy atom. The van der Waals surface area contributed by atoms with Crippen LogP contribution >= 0.6 is 0 Å². The first kappa shape index (κ1) is 13.4. The van der Waals surface area contributed by atoms with Crippen molar-refractivity contribution in [2.75, 3.05) is 0 Å². The molecule has 0 aliphatic heterocycles. The molecule has 0 aromatic heterocycles. The van der Waals surface area contributed by atoms with E-state index in [1.807, 2.05) is 6.08 Å². The van der Waals surface area contributed by atoms with Gasteiger partial charge in [-0.3, -0.25) is 0 Å². The Kier molecular flexibility index (Phi) is 4.86. The van der Waals surface area contributed by atoms with E-state index < -0.39 is 8.32 Å². The first-order chi connectivity index (χ1) is 8.27. The highest BCUT2D eigenvalue weighted by atomic mass is 28.4. The van der Waals surface area contributed by atoms with Crippen LogP contribution in [0.1, 0.15) is 64.2 Å². The highest BCUT2D eigenvalue weighted by Crippen LogP contribution is 2.48. The third kappa shape index (κ3) is 3.03. The Balaban J connectivity index is 2.08. The highest BCUT2D eigenvalue weighted by molar-refractivity contribution is 6.75. The molecule has 0 aromatic rings. The van der Waals surface area contributed by atoms with Crippen molar-refractivity contribution in [1.29, 1.82) is 0 Å². The van der Waals surface area contributed by atoms with Crippen LogP contribution in [-0.2, 0) is 0 Å². The lowest BCUT2D eigenvalue weighted by Gasteiger charge is -2.43. The molecule has 0 bridgehead atoms. The van der Waals surface area contributed by atoms with Crippen molar-refractivity contribution in [2.45, 2.75) is 81.3 Å². The molecule has 2 rings (SSSR count). The molecule has 0 atom stereocenters. The normalized spacial score (nSPS) is 24.8. The molecule has 2 aliphatic carbocycles. The van der Waals surface area contributed by atoms with E-state index in [9.17, 15) is 4.80 Å². The van der Waals surface area contributed by atoms with Gasteiger partial charge in [0.25, 0.3) is 0 Å². The highest BCUT2D eigenvalue weighted by Gasteiger charge is 2.45. The van der Waals surface area contributed by atoms with Gasteiger partial charge in [0.15, 0.2) is 8.32 Å². The Hall–Kier alpha value is -0.0831. The molecular weight excluding hydrogens is 224 g/mol. The summed E-state index contributed by atoms with van der Waals surface area (Å²) in [6.07, 6.45) is 15.4. The van der Waals surface area contributed by atoms with Gasteiger partial charge in [-0.15, -0.1) is 6.58 Å². The minimum absolute atomic E-state index is 0.678. The van der Waals surface area contributed by atoms with E-state index in [2.05, 4.69) is 6.58 Å². The largest absolute Gasteiger partial charge is 0.431 e. The van der Waals surface area contributed by atoms with Crippen LogP contribution in [0.2, 0.25) is 17.1 Å². The summed E-state index contributed by atoms with van der Waals surface area (Å²) < 4.78 is 0. The molecule has 17 heavy (non-hydrogen) atoms. The zero-order chi connectivity index (χ0) is 12.1. The monoisotopic (exact) mass is 252 g/mol. The molecule has 2 aliphatic rings. The lowest BCUT2D eigenvalue weighted by Crippen LogP contribution is -2.46. The van der Waals surface area contributed by atoms with Crippen LogP contribution < -0.4 is 0 Å². The molecule has 0 spiro atoms. The fourth-order valence-electron chi connectivity index (χ4n) is 4.10. The SMILES string of the molecule is C=CC[Si](O)(C1CCCCC1)C1CCCCC1. The third-order valence-electron chi connectivity index (χ3n) is 5.10. The zero-order valence-corrected chi connectivity index (χ0v) is 12.2. The van der Waals surface area contributed by atoms with Gasteiger partial charge in [0.2, 0.25) is 0 Å². The Bertz CT molecular complexity index is 221. The lowest BCUT2D eigenvalue weighted by atomic mass is 9.99. The van der Waals surface area contributed by atoms with Crippen LogP contribution in [0, 0.1) is 0 Å². The summed E-state index contributed by atoms with van der Waals surface area (Å²) in [4.78, 5) is 11.3. The molecule has 0 radical (unpaired) electrons. The molecule has 1 nitrogen and oxygen atoms in total. The fourth-order valence-corrected chi connectivity index (χ4v) is 8.71. The number of hydrogen-bond donors (Lipinski definition) is 1. The molecular formula is C15H28OSi. The van der Waals surface area contributed by atoms with Crippen molar-refractivity contribution in [2.24, 2.45) is 0 Å². The van der Waals surface area contributed by atoms with E-state index in [0.717, 1.165) is 6.04 Å². The summed E-state index contributed by atoms with van der Waals surface area (Å²) in [5.41, 5.74) is 1.36. The van der Waals surface area contributed by atoms with Crippen molar-refractivity contribution in [1.82, 2.24) is 0 Å². The van der Waals surface area contributed by atoms with Gasteiger partial charge < -0.3 is 4.80 Å². The van der Waals surface area contributed by atoms with Crippen molar-refractivity contribution in [3.05, 3.63) is 12.7 Å². The summed E-state index contributed by atoms with van der Waals surface area (Å²) in [7, 11) is -2.07. The second-order valence-electron chi connectivity index (χ2n) is 6.15. The number of allylic oxidation sites excluding steroid dienone is 1. The molecule has 2 saturated carbocycles. The van der Waals surface area contributed by atoms with Gasteiger partial charge in [-0.25, -0.2) is 0 Å². The van der Waals surface area contributed by atoms with Gasteiger partial charge in [-0.05, 0) is 17.1 Å². The first-order valence-corrected chi connectivity index (χ1v) is 9.91. The molecule has 0 aromatic carbocycles. The molecule has 0 amide bonds. The van der Waals surface area contributed by atoms with E-state index >= 15 is 0 Å². The van der Waals surface area contributed by atoms with E-state index in [4.69, 9.17) is 0 Å². The zero-order valence-electron chi connectivity index (χ0n) is 11.2. The van der Waals surface area contributed by atoms with Gasteiger partial charge >= 0.3 is 0 Å². The Morgan fingerprint density at radius 3 is 1.65 bits per heavy atom. The molecule has 0 unspecified atom stereocenters. The second kappa shape index (κ2) is 6.19. The topological polar surface area (TPSA) is 20.2 Å². The van der Waals surface area contributed by atoms with Crippen LogP contribution in [0.3, 0.4) is 0 Å². The van der Waals surface area contributed by atoms with Crippen molar-refractivity contribution >= 4 is 8.32 Å². The average molecular weight is 252 g/mol. The molecule has 0 heterocycles. The molecule has 2 fully saturated rings. The van der Waals surface area contributed by atoms with Crippen LogP contribution in [-0.4, -0.2) is 13.1 Å². The van der Waals surface area contributed by atoms with Gasteiger partial charge in [-0.2, -0.15) is 0 Å². The predicted molar refractivity (Wildman–Crippen MR) is 76.6 cm³/mol. The quantitative estimate of drug-likeness (QED) is 0.564. The fraction of sp³-hybridized carbons (Fsp3) is 0.867. The first-order valence-electron chi connectivity index (χ1n) is 7.60. The smallest absolute Gasteiger partial charge is 0.198 e. The Labute approximate surface area is 107 Å². The van der Waals surface area contributed by atoms with Crippen LogP contribution in [0.5, 0.6) is 0 Å². The van der Waals surface area contributed by atoms with E-state index in [1.165, 1.54) is 64.2 Å². The Morgan fingerprint density at radius 2 is 1.29 bits per heavy atom. The summed E-state index contributed by atoms with van der Waals surface area (Å²) in [6.45, 7) is 3.91. The summed E-state index contributed by atoms with van der Waals surface area (Å²) >= 11 is 0. The summed E-state index contributed by atoms with van der Waals surface area (Å²) in [5, 5.41) is 0. The summed E-state index contributed by atoms with van der Waals surface area (Å²) in [6, 6.07) is 0.947. The number of rotatable bonds is 4. The van der Waals surface area contributed by atoms with Gasteiger partial charge in [0, 0.05) is 0 Å². The van der Waals surface area contributed by atoms with Crippen LogP contribution in [0.25, 0.3) is 0 Å². The third-order valence-corrected chi connectivity index (χ3v) is 10.0. The second-order valence-corrected chi connectivity index (χ2v) is 10.2. The van der Waals surface area contributed by atoms with Crippen LogP contribution in [0.15, 0.2) is 12.7 Å². The average Bonchev–Trinajstić information content (AvgIpc) is 2.41. The van der Waals surface area contributed by atoms with Gasteiger partial charge in [0.05, 0.1) is 0 Å². The van der Waals surface area contributed by atoms with Gasteiger partial charge in [0.1, 0.15) is 0 Å². The van der Waals surface area contributed by atoms with E-state index in [-0.39, 0.29) is 0 Å². The predicted octanol–water partition coefficient (Wildman–Crippen LogP) is 4.78. The number of hydrogen-bond acceptors (Lipinski definition) is 1. The minimum Gasteiger partial charge on any atom is -0.431 e. The molecule has 0 saturated heterocycles. The maximum atomic E-state index is 11.3. The van der Waals surface area contributed by atoms with E-state index in [0.29, 0.717) is 11.1 Å². The minimum atomic E-state index is -2.07. The standard InChI is InChI=1S/C15H28OSi/c1-2-13-17(16,14-9-5-3-6-10-14)15-11-7-4-8-12-15/h2,14-16H,1,3-13H2. The van der Waals surface area contributed by atoms with Crippen molar-refractivity contribution < 1.29 is 4.80 Å². The maximum absolute atomic E-state index is 11.3. The van der Waals surface area contributed by atoms with Crippen molar-refractivity contribution in [3.63, 3.8) is 0 Å². The van der Waals surface area contributed by atoms with Gasteiger partial charge in [-0.1, -0.05) is 70.3 Å². The maximum Gasteiger partial charge on any atom is 0.198 e. The molecule has 1 N–H and O–H groups in total. The molecule has 2 heteroatoms. The van der Waals surface area contributed by atoms with Crippen LogP contribution in [0.4, 0.5) is 0 Å². The van der Waals surface area contributed by atoms with E-state index in [1.54, 1.807) is 0 Å².